The van der Waals surface area contributed by atoms with Gasteiger partial charge >= 0.3 is 12.0 Å². The standard InChI is InChI=1S/C22H23BrN4O4.C5H8O3/c1-26-11-2-12-27(14-13-26)22(19(28)24-21(30)25-20(22)29)15-3-7-17(8-4-15)31-18-9-5-16(23)6-10-18;6-4-2-1-3-5(7)8/h3-10H,2,11-14H2,1H3,(H2,24,25,28,29,30);4H,1-3H2,(H,7,8). The minimum Gasteiger partial charge on any atom is -0.481 e. The number of aliphatic carboxylic acids is 1. The van der Waals surface area contributed by atoms with Crippen LogP contribution in [0.15, 0.2) is 53.0 Å². The lowest BCUT2D eigenvalue weighted by Gasteiger charge is -2.42. The average Bonchev–Trinajstić information content (AvgIpc) is 3.11. The number of urea groups is 1. The monoisotopic (exact) mass is 602 g/mol. The van der Waals surface area contributed by atoms with Crippen molar-refractivity contribution in [3.63, 3.8) is 0 Å². The van der Waals surface area contributed by atoms with Gasteiger partial charge in [0.05, 0.1) is 0 Å². The maximum Gasteiger partial charge on any atom is 0.328 e. The molecule has 39 heavy (non-hydrogen) atoms. The Morgan fingerprint density at radius 2 is 1.56 bits per heavy atom. The van der Waals surface area contributed by atoms with Crippen LogP contribution in [-0.4, -0.2) is 78.2 Å². The number of benzene rings is 2. The van der Waals surface area contributed by atoms with Crippen LogP contribution in [0.25, 0.3) is 0 Å². The molecule has 2 saturated heterocycles. The first-order valence-corrected chi connectivity index (χ1v) is 13.3. The molecule has 2 aliphatic heterocycles. The summed E-state index contributed by atoms with van der Waals surface area (Å²) in [6.07, 6.45) is 2.43. The van der Waals surface area contributed by atoms with Crippen LogP contribution >= 0.6 is 15.9 Å². The van der Waals surface area contributed by atoms with E-state index in [9.17, 15) is 24.0 Å². The van der Waals surface area contributed by atoms with Crippen molar-refractivity contribution in [1.82, 2.24) is 20.4 Å². The molecule has 11 nitrogen and oxygen atoms in total. The predicted octanol–water partition coefficient (Wildman–Crippen LogP) is 2.88. The topological polar surface area (TPSA) is 145 Å². The van der Waals surface area contributed by atoms with Crippen LogP contribution in [0.4, 0.5) is 4.79 Å². The molecule has 3 N–H and O–H groups in total. The number of carbonyl (C=O) groups excluding carboxylic acids is 4. The number of likely N-dealkylation sites (N-methyl/N-ethyl adjacent to an activating group) is 1. The molecule has 12 heteroatoms. The molecule has 2 aliphatic rings. The number of halogens is 1. The number of carboxylic acid groups (broad SMARTS) is 1. The zero-order valence-corrected chi connectivity index (χ0v) is 23.1. The molecular formula is C27H31BrN4O7. The van der Waals surface area contributed by atoms with E-state index in [1.807, 2.05) is 36.2 Å². The van der Waals surface area contributed by atoms with Crippen molar-refractivity contribution in [1.29, 1.82) is 0 Å². The van der Waals surface area contributed by atoms with Crippen LogP contribution in [0.2, 0.25) is 0 Å². The van der Waals surface area contributed by atoms with Crippen molar-refractivity contribution >= 4 is 46.0 Å². The summed E-state index contributed by atoms with van der Waals surface area (Å²) in [5, 5.41) is 12.6. The minimum atomic E-state index is -1.62. The van der Waals surface area contributed by atoms with Gasteiger partial charge in [-0.1, -0.05) is 28.1 Å². The van der Waals surface area contributed by atoms with Crippen molar-refractivity contribution in [3.8, 4) is 11.5 Å². The second-order valence-electron chi connectivity index (χ2n) is 9.12. The van der Waals surface area contributed by atoms with Gasteiger partial charge in [-0.3, -0.25) is 29.9 Å². The third-order valence-corrected chi connectivity index (χ3v) is 6.87. The first kappa shape index (κ1) is 29.9. The third-order valence-electron chi connectivity index (χ3n) is 6.34. The van der Waals surface area contributed by atoms with Gasteiger partial charge in [-0.25, -0.2) is 4.79 Å². The Morgan fingerprint density at radius 1 is 0.974 bits per heavy atom. The van der Waals surface area contributed by atoms with E-state index in [1.165, 1.54) is 0 Å². The van der Waals surface area contributed by atoms with Gasteiger partial charge in [0.2, 0.25) is 5.54 Å². The molecule has 0 aliphatic carbocycles. The van der Waals surface area contributed by atoms with E-state index in [-0.39, 0.29) is 6.42 Å². The van der Waals surface area contributed by atoms with Gasteiger partial charge in [0.15, 0.2) is 0 Å². The summed E-state index contributed by atoms with van der Waals surface area (Å²) in [6.45, 7) is 2.65. The number of carboxylic acids is 1. The molecule has 2 aromatic carbocycles. The number of ether oxygens (including phenoxy) is 1. The van der Waals surface area contributed by atoms with Crippen molar-refractivity contribution in [2.75, 3.05) is 33.2 Å². The maximum absolute atomic E-state index is 13.2. The van der Waals surface area contributed by atoms with Crippen LogP contribution in [-0.2, 0) is 24.7 Å². The van der Waals surface area contributed by atoms with Gasteiger partial charge in [0, 0.05) is 36.9 Å². The Hall–Kier alpha value is -3.61. The fourth-order valence-corrected chi connectivity index (χ4v) is 4.64. The Balaban J connectivity index is 0.000000459. The van der Waals surface area contributed by atoms with Crippen LogP contribution < -0.4 is 15.4 Å². The summed E-state index contributed by atoms with van der Waals surface area (Å²) in [4.78, 5) is 61.5. The predicted molar refractivity (Wildman–Crippen MR) is 145 cm³/mol. The van der Waals surface area contributed by atoms with E-state index in [4.69, 9.17) is 9.84 Å². The van der Waals surface area contributed by atoms with E-state index in [0.29, 0.717) is 49.5 Å². The Bertz CT molecular complexity index is 1170. The number of aldehydes is 1. The number of carbonyl (C=O) groups is 5. The van der Waals surface area contributed by atoms with Gasteiger partial charge in [-0.15, -0.1) is 0 Å². The van der Waals surface area contributed by atoms with Gasteiger partial charge in [0.1, 0.15) is 17.8 Å². The van der Waals surface area contributed by atoms with Crippen molar-refractivity contribution < 1.29 is 33.8 Å². The molecule has 0 spiro atoms. The Kier molecular flexibility index (Phi) is 10.7. The molecule has 0 unspecified atom stereocenters. The quantitative estimate of drug-likeness (QED) is 0.236. The fourth-order valence-electron chi connectivity index (χ4n) is 4.37. The molecule has 0 atom stereocenters. The van der Waals surface area contributed by atoms with Crippen LogP contribution in [0.5, 0.6) is 11.5 Å². The van der Waals surface area contributed by atoms with Crippen molar-refractivity contribution in [2.24, 2.45) is 0 Å². The second-order valence-corrected chi connectivity index (χ2v) is 10.0. The fraction of sp³-hybridized carbons (Fsp3) is 0.370. The van der Waals surface area contributed by atoms with Crippen LogP contribution in [0, 0.1) is 0 Å². The number of unbranched alkanes of at least 4 members (excludes halogenated alkanes) is 1. The number of nitrogens with zero attached hydrogens (tertiary/aromatic N) is 2. The minimum absolute atomic E-state index is 0.0960. The molecule has 0 aromatic heterocycles. The number of hydrogen-bond acceptors (Lipinski definition) is 8. The lowest BCUT2D eigenvalue weighted by molar-refractivity contribution is -0.148. The first-order chi connectivity index (χ1) is 18.7. The average molecular weight is 603 g/mol. The zero-order valence-electron chi connectivity index (χ0n) is 21.5. The van der Waals surface area contributed by atoms with E-state index in [2.05, 4.69) is 31.5 Å². The molecule has 4 amide bonds. The lowest BCUT2D eigenvalue weighted by Crippen LogP contribution is -2.71. The van der Waals surface area contributed by atoms with E-state index >= 15 is 0 Å². The van der Waals surface area contributed by atoms with Crippen LogP contribution in [0.3, 0.4) is 0 Å². The molecule has 0 radical (unpaired) electrons. The number of barbiturate groups is 1. The Labute approximate surface area is 234 Å². The summed E-state index contributed by atoms with van der Waals surface area (Å²) in [5.74, 6) is -0.865. The van der Waals surface area contributed by atoms with Gasteiger partial charge < -0.3 is 19.5 Å². The number of hydrogen-bond donors (Lipinski definition) is 3. The number of amides is 4. The molecule has 0 bridgehead atoms. The van der Waals surface area contributed by atoms with Gasteiger partial charge in [-0.05, 0) is 68.4 Å². The highest BCUT2D eigenvalue weighted by atomic mass is 79.9. The smallest absolute Gasteiger partial charge is 0.328 e. The molecule has 2 fully saturated rings. The highest BCUT2D eigenvalue weighted by Crippen LogP contribution is 2.34. The Morgan fingerprint density at radius 3 is 2.13 bits per heavy atom. The zero-order chi connectivity index (χ0) is 28.4. The lowest BCUT2D eigenvalue weighted by atomic mass is 9.84. The highest BCUT2D eigenvalue weighted by Gasteiger charge is 2.56. The van der Waals surface area contributed by atoms with E-state index in [0.717, 1.165) is 23.7 Å². The summed E-state index contributed by atoms with van der Waals surface area (Å²) >= 11 is 3.39. The SMILES string of the molecule is CN1CCCN(C2(c3ccc(Oc4ccc(Br)cc4)cc3)C(=O)NC(=O)NC2=O)CC1.O=CCCCC(=O)O. The number of rotatable bonds is 8. The molecule has 208 valence electrons. The summed E-state index contributed by atoms with van der Waals surface area (Å²) in [6, 6.07) is 13.5. The molecule has 4 rings (SSSR count). The summed E-state index contributed by atoms with van der Waals surface area (Å²) in [7, 11) is 2.01. The first-order valence-electron chi connectivity index (χ1n) is 12.5. The maximum atomic E-state index is 13.2. The number of imide groups is 2. The third kappa shape index (κ3) is 7.71. The molecular weight excluding hydrogens is 572 g/mol. The second kappa shape index (κ2) is 14.0. The van der Waals surface area contributed by atoms with Gasteiger partial charge in [0.25, 0.3) is 11.8 Å². The molecule has 2 aromatic rings. The highest BCUT2D eigenvalue weighted by molar-refractivity contribution is 9.10. The van der Waals surface area contributed by atoms with Crippen molar-refractivity contribution in [3.05, 3.63) is 58.6 Å². The number of nitrogens with one attached hydrogen (secondary N) is 2. The van der Waals surface area contributed by atoms with Crippen molar-refractivity contribution in [2.45, 2.75) is 31.2 Å². The van der Waals surface area contributed by atoms with Crippen LogP contribution in [0.1, 0.15) is 31.2 Å². The summed E-state index contributed by atoms with van der Waals surface area (Å²) in [5.41, 5.74) is -1.13. The summed E-state index contributed by atoms with van der Waals surface area (Å²) < 4.78 is 6.81. The van der Waals surface area contributed by atoms with Gasteiger partial charge in [-0.2, -0.15) is 0 Å². The largest absolute Gasteiger partial charge is 0.481 e. The van der Waals surface area contributed by atoms with E-state index < -0.39 is 29.4 Å². The molecule has 2 heterocycles. The normalized spacial score (nSPS) is 17.6. The van der Waals surface area contributed by atoms with E-state index in [1.54, 1.807) is 24.3 Å². The molecule has 0 saturated carbocycles.